The van der Waals surface area contributed by atoms with Crippen molar-refractivity contribution in [3.8, 4) is 11.8 Å². The minimum atomic E-state index is 0.00873. The zero-order chi connectivity index (χ0) is 14.4. The van der Waals surface area contributed by atoms with Gasteiger partial charge >= 0.3 is 0 Å². The molecule has 1 amide bonds. The predicted molar refractivity (Wildman–Crippen MR) is 82.4 cm³/mol. The Morgan fingerprint density at radius 2 is 2.45 bits per heavy atom. The molecule has 0 aliphatic carbocycles. The van der Waals surface area contributed by atoms with Crippen molar-refractivity contribution in [2.45, 2.75) is 31.8 Å². The third-order valence-corrected chi connectivity index (χ3v) is 4.43. The summed E-state index contributed by atoms with van der Waals surface area (Å²) in [4.78, 5) is 15.5. The van der Waals surface area contributed by atoms with Crippen LogP contribution >= 0.6 is 11.3 Å². The van der Waals surface area contributed by atoms with E-state index in [-0.39, 0.29) is 11.9 Å². The summed E-state index contributed by atoms with van der Waals surface area (Å²) in [5, 5.41) is 4.82. The van der Waals surface area contributed by atoms with E-state index in [1.807, 2.05) is 0 Å². The number of nitrogens with one attached hydrogen (secondary N) is 1. The van der Waals surface area contributed by atoms with Crippen LogP contribution < -0.4 is 11.1 Å². The number of rotatable bonds is 3. The van der Waals surface area contributed by atoms with Crippen molar-refractivity contribution in [1.82, 2.24) is 10.2 Å². The van der Waals surface area contributed by atoms with E-state index in [9.17, 15) is 4.79 Å². The molecule has 0 bridgehead atoms. The summed E-state index contributed by atoms with van der Waals surface area (Å²) >= 11 is 1.70. The lowest BCUT2D eigenvalue weighted by atomic mass is 10.0. The van der Waals surface area contributed by atoms with Crippen LogP contribution in [0.25, 0.3) is 0 Å². The van der Waals surface area contributed by atoms with Gasteiger partial charge in [0.2, 0.25) is 5.91 Å². The SMILES string of the molecule is CNC(=O)C1CCCCN1Cc1cc(C#CCN)cs1. The number of likely N-dealkylation sites (N-methyl/N-ethyl adjacent to an activating group) is 1. The van der Waals surface area contributed by atoms with Gasteiger partial charge in [0.25, 0.3) is 0 Å². The Kier molecular flexibility index (Phi) is 5.60. The van der Waals surface area contributed by atoms with E-state index in [2.05, 4.69) is 33.5 Å². The van der Waals surface area contributed by atoms with Crippen molar-refractivity contribution in [2.24, 2.45) is 5.73 Å². The molecule has 1 atom stereocenters. The Morgan fingerprint density at radius 1 is 1.60 bits per heavy atom. The summed E-state index contributed by atoms with van der Waals surface area (Å²) in [6.07, 6.45) is 3.25. The van der Waals surface area contributed by atoms with Gasteiger partial charge in [-0.3, -0.25) is 9.69 Å². The van der Waals surface area contributed by atoms with E-state index in [0.717, 1.165) is 31.5 Å². The van der Waals surface area contributed by atoms with Crippen molar-refractivity contribution in [2.75, 3.05) is 20.1 Å². The molecular formula is C15H21N3OS. The van der Waals surface area contributed by atoms with Gasteiger partial charge in [-0.1, -0.05) is 18.3 Å². The van der Waals surface area contributed by atoms with Gasteiger partial charge in [0, 0.05) is 29.4 Å². The van der Waals surface area contributed by atoms with Crippen LogP contribution in [0.3, 0.4) is 0 Å². The normalized spacial score (nSPS) is 19.2. The van der Waals surface area contributed by atoms with Crippen LogP contribution in [-0.4, -0.2) is 37.0 Å². The molecule has 1 aliphatic heterocycles. The molecule has 0 saturated carbocycles. The molecule has 0 radical (unpaired) electrons. The summed E-state index contributed by atoms with van der Waals surface area (Å²) in [5.74, 6) is 6.04. The number of carbonyl (C=O) groups excluding carboxylic acids is 1. The Labute approximate surface area is 124 Å². The number of hydrogen-bond acceptors (Lipinski definition) is 4. The highest BCUT2D eigenvalue weighted by Gasteiger charge is 2.28. The van der Waals surface area contributed by atoms with Gasteiger partial charge < -0.3 is 11.1 Å². The van der Waals surface area contributed by atoms with Crippen molar-refractivity contribution >= 4 is 17.2 Å². The van der Waals surface area contributed by atoms with Crippen LogP contribution in [0.2, 0.25) is 0 Å². The average Bonchev–Trinajstić information content (AvgIpc) is 2.92. The molecule has 4 nitrogen and oxygen atoms in total. The number of carbonyl (C=O) groups is 1. The maximum Gasteiger partial charge on any atom is 0.237 e. The molecule has 2 rings (SSSR count). The molecule has 1 aromatic rings. The molecular weight excluding hydrogens is 270 g/mol. The number of nitrogens with two attached hydrogens (primary N) is 1. The van der Waals surface area contributed by atoms with Crippen LogP contribution in [0, 0.1) is 11.8 Å². The highest BCUT2D eigenvalue weighted by molar-refractivity contribution is 7.10. The van der Waals surface area contributed by atoms with Gasteiger partial charge in [0.05, 0.1) is 12.6 Å². The number of piperidine rings is 1. The maximum atomic E-state index is 11.9. The fourth-order valence-corrected chi connectivity index (χ4v) is 3.37. The van der Waals surface area contributed by atoms with Gasteiger partial charge in [-0.05, 0) is 25.5 Å². The molecule has 1 unspecified atom stereocenters. The highest BCUT2D eigenvalue weighted by Crippen LogP contribution is 2.23. The summed E-state index contributed by atoms with van der Waals surface area (Å²) in [6, 6.07) is 2.11. The van der Waals surface area contributed by atoms with Gasteiger partial charge in [-0.15, -0.1) is 11.3 Å². The average molecular weight is 291 g/mol. The lowest BCUT2D eigenvalue weighted by Crippen LogP contribution is -2.48. The zero-order valence-electron chi connectivity index (χ0n) is 11.8. The molecule has 2 heterocycles. The standard InChI is InChI=1S/C15H21N3OS/c1-17-15(19)14-6-2-3-8-18(14)10-13-9-12(11-20-13)5-4-7-16/h9,11,14H,2-3,6-8,10,16H2,1H3,(H,17,19). The van der Waals surface area contributed by atoms with Gasteiger partial charge in [0.15, 0.2) is 0 Å². The number of hydrogen-bond donors (Lipinski definition) is 2. The van der Waals surface area contributed by atoms with E-state index >= 15 is 0 Å². The molecule has 0 spiro atoms. The highest BCUT2D eigenvalue weighted by atomic mass is 32.1. The van der Waals surface area contributed by atoms with E-state index in [4.69, 9.17) is 5.73 Å². The zero-order valence-corrected chi connectivity index (χ0v) is 12.6. The molecule has 1 fully saturated rings. The Balaban J connectivity index is 2.03. The summed E-state index contributed by atoms with van der Waals surface area (Å²) in [5.41, 5.74) is 6.39. The largest absolute Gasteiger partial charge is 0.358 e. The predicted octanol–water partition coefficient (Wildman–Crippen LogP) is 1.16. The quantitative estimate of drug-likeness (QED) is 0.822. The minimum Gasteiger partial charge on any atom is -0.358 e. The molecule has 1 saturated heterocycles. The van der Waals surface area contributed by atoms with Crippen molar-refractivity contribution < 1.29 is 4.79 Å². The van der Waals surface area contributed by atoms with Crippen LogP contribution in [0.5, 0.6) is 0 Å². The summed E-state index contributed by atoms with van der Waals surface area (Å²) < 4.78 is 0. The van der Waals surface area contributed by atoms with Gasteiger partial charge in [-0.25, -0.2) is 0 Å². The fraction of sp³-hybridized carbons (Fsp3) is 0.533. The number of thiophene rings is 1. The monoisotopic (exact) mass is 291 g/mol. The van der Waals surface area contributed by atoms with Crippen molar-refractivity contribution in [3.05, 3.63) is 21.9 Å². The second-order valence-corrected chi connectivity index (χ2v) is 5.90. The molecule has 20 heavy (non-hydrogen) atoms. The first-order valence-corrected chi connectivity index (χ1v) is 7.84. The molecule has 108 valence electrons. The van der Waals surface area contributed by atoms with E-state index in [0.29, 0.717) is 6.54 Å². The number of amides is 1. The smallest absolute Gasteiger partial charge is 0.237 e. The first-order valence-electron chi connectivity index (χ1n) is 6.96. The van der Waals surface area contributed by atoms with Crippen LogP contribution in [0.1, 0.15) is 29.7 Å². The third kappa shape index (κ3) is 3.83. The van der Waals surface area contributed by atoms with Crippen molar-refractivity contribution in [1.29, 1.82) is 0 Å². The molecule has 1 aliphatic rings. The topological polar surface area (TPSA) is 58.4 Å². The molecule has 1 aromatic heterocycles. The second-order valence-electron chi connectivity index (χ2n) is 4.90. The van der Waals surface area contributed by atoms with Crippen molar-refractivity contribution in [3.63, 3.8) is 0 Å². The first-order chi connectivity index (χ1) is 9.74. The van der Waals surface area contributed by atoms with Gasteiger partial charge in [-0.2, -0.15) is 0 Å². The third-order valence-electron chi connectivity index (χ3n) is 3.51. The number of nitrogens with zero attached hydrogens (tertiary/aromatic N) is 1. The Morgan fingerprint density at radius 3 is 3.20 bits per heavy atom. The number of likely N-dealkylation sites (tertiary alicyclic amines) is 1. The van der Waals surface area contributed by atoms with Crippen LogP contribution in [0.15, 0.2) is 11.4 Å². The summed E-state index contributed by atoms with van der Waals surface area (Å²) in [7, 11) is 1.71. The molecule has 3 N–H and O–H groups in total. The van der Waals surface area contributed by atoms with E-state index < -0.39 is 0 Å². The lowest BCUT2D eigenvalue weighted by Gasteiger charge is -2.33. The maximum absolute atomic E-state index is 11.9. The van der Waals surface area contributed by atoms with Gasteiger partial charge in [0.1, 0.15) is 0 Å². The second kappa shape index (κ2) is 7.44. The minimum absolute atomic E-state index is 0.00873. The van der Waals surface area contributed by atoms with E-state index in [1.165, 1.54) is 11.3 Å². The van der Waals surface area contributed by atoms with Crippen LogP contribution in [-0.2, 0) is 11.3 Å². The molecule has 0 aromatic carbocycles. The molecule has 5 heteroatoms. The Hall–Kier alpha value is -1.35. The Bertz CT molecular complexity index is 515. The lowest BCUT2D eigenvalue weighted by molar-refractivity contribution is -0.127. The van der Waals surface area contributed by atoms with E-state index in [1.54, 1.807) is 18.4 Å². The van der Waals surface area contributed by atoms with Crippen LogP contribution in [0.4, 0.5) is 0 Å². The first kappa shape index (κ1) is 15.0. The fourth-order valence-electron chi connectivity index (χ4n) is 2.53. The summed E-state index contributed by atoms with van der Waals surface area (Å²) in [6.45, 7) is 2.20.